The molecule has 0 spiro atoms. The van der Waals surface area contributed by atoms with Crippen molar-refractivity contribution >= 4 is 33.2 Å². The van der Waals surface area contributed by atoms with Crippen molar-refractivity contribution in [2.75, 3.05) is 13.2 Å². The number of benzene rings is 2. The summed E-state index contributed by atoms with van der Waals surface area (Å²) in [6, 6.07) is 6.29. The van der Waals surface area contributed by atoms with E-state index in [9.17, 15) is 23.3 Å². The van der Waals surface area contributed by atoms with E-state index in [0.29, 0.717) is 24.7 Å². The van der Waals surface area contributed by atoms with Crippen molar-refractivity contribution in [2.24, 2.45) is 0 Å². The van der Waals surface area contributed by atoms with Crippen LogP contribution >= 0.6 is 11.6 Å². The molecule has 148 valence electrons. The molecule has 0 fully saturated rings. The lowest BCUT2D eigenvalue weighted by molar-refractivity contribution is -0.385. The van der Waals surface area contributed by atoms with Gasteiger partial charge in [-0.15, -0.1) is 4.83 Å². The fraction of sp³-hybridized carbons (Fsp3) is 0.188. The fourth-order valence-corrected chi connectivity index (χ4v) is 3.58. The van der Waals surface area contributed by atoms with Crippen LogP contribution in [0.2, 0.25) is 5.02 Å². The highest BCUT2D eigenvalue weighted by atomic mass is 35.5. The molecule has 0 unspecified atom stereocenters. The van der Waals surface area contributed by atoms with Gasteiger partial charge in [0.1, 0.15) is 13.2 Å². The van der Waals surface area contributed by atoms with Gasteiger partial charge in [-0.05, 0) is 31.2 Å². The first-order chi connectivity index (χ1) is 13.2. The summed E-state index contributed by atoms with van der Waals surface area (Å²) in [5, 5.41) is 11.0. The van der Waals surface area contributed by atoms with E-state index in [2.05, 4.69) is 0 Å². The Balaban J connectivity index is 1.78. The molecule has 0 saturated heterocycles. The van der Waals surface area contributed by atoms with Gasteiger partial charge in [0, 0.05) is 17.2 Å². The summed E-state index contributed by atoms with van der Waals surface area (Å²) in [5.74, 6) is 0.0842. The second-order valence-electron chi connectivity index (χ2n) is 5.72. The molecule has 0 aromatic heterocycles. The molecular formula is C16H14ClN3O7S. The first kappa shape index (κ1) is 19.9. The van der Waals surface area contributed by atoms with Crippen molar-refractivity contribution in [1.82, 2.24) is 10.3 Å². The molecule has 0 saturated carbocycles. The van der Waals surface area contributed by atoms with Crippen LogP contribution in [-0.2, 0) is 10.0 Å². The summed E-state index contributed by atoms with van der Waals surface area (Å²) >= 11 is 5.89. The summed E-state index contributed by atoms with van der Waals surface area (Å²) in [7, 11) is -4.30. The molecule has 1 heterocycles. The molecule has 0 aliphatic carbocycles. The molecule has 0 atom stereocenters. The molecule has 1 aliphatic heterocycles. The quantitative estimate of drug-likeness (QED) is 0.549. The van der Waals surface area contributed by atoms with Gasteiger partial charge >= 0.3 is 0 Å². The van der Waals surface area contributed by atoms with Crippen LogP contribution < -0.4 is 19.7 Å². The molecule has 2 aromatic carbocycles. The second kappa shape index (κ2) is 7.62. The summed E-state index contributed by atoms with van der Waals surface area (Å²) in [6.07, 6.45) is 0. The van der Waals surface area contributed by atoms with Crippen LogP contribution in [0, 0.1) is 17.0 Å². The van der Waals surface area contributed by atoms with Gasteiger partial charge in [-0.25, -0.2) is 8.42 Å². The van der Waals surface area contributed by atoms with Gasteiger partial charge in [0.25, 0.3) is 21.6 Å². The van der Waals surface area contributed by atoms with E-state index in [1.54, 1.807) is 0 Å². The highest BCUT2D eigenvalue weighted by molar-refractivity contribution is 7.89. The number of carbonyl (C=O) groups is 1. The Kier molecular flexibility index (Phi) is 5.40. The molecule has 1 amide bonds. The van der Waals surface area contributed by atoms with E-state index < -0.39 is 31.4 Å². The number of nitrogens with zero attached hydrogens (tertiary/aromatic N) is 1. The lowest BCUT2D eigenvalue weighted by atomic mass is 10.2. The Labute approximate surface area is 164 Å². The zero-order chi connectivity index (χ0) is 20.5. The van der Waals surface area contributed by atoms with E-state index in [0.717, 1.165) is 12.1 Å². The first-order valence-corrected chi connectivity index (χ1v) is 9.71. The summed E-state index contributed by atoms with van der Waals surface area (Å²) < 4.78 is 35.5. The van der Waals surface area contributed by atoms with Gasteiger partial charge in [0.05, 0.1) is 14.8 Å². The Hall–Kier alpha value is -2.89. The molecule has 2 N–H and O–H groups in total. The lowest BCUT2D eigenvalue weighted by Crippen LogP contribution is -2.41. The highest BCUT2D eigenvalue weighted by Gasteiger charge is 2.23. The zero-order valence-corrected chi connectivity index (χ0v) is 16.0. The number of hydrazine groups is 1. The predicted molar refractivity (Wildman–Crippen MR) is 98.1 cm³/mol. The van der Waals surface area contributed by atoms with Crippen LogP contribution in [0.1, 0.15) is 15.9 Å². The third-order valence-corrected chi connectivity index (χ3v) is 5.52. The van der Waals surface area contributed by atoms with E-state index in [-0.39, 0.29) is 16.1 Å². The maximum Gasteiger partial charge on any atom is 0.275 e. The molecular weight excluding hydrogens is 414 g/mol. The minimum atomic E-state index is -4.30. The Morgan fingerprint density at radius 2 is 1.86 bits per heavy atom. The third-order valence-electron chi connectivity index (χ3n) is 3.90. The predicted octanol–water partition coefficient (Wildman–Crippen LogP) is 1.95. The van der Waals surface area contributed by atoms with Gasteiger partial charge in [0.2, 0.25) is 0 Å². The number of hydrogen-bond donors (Lipinski definition) is 2. The largest absolute Gasteiger partial charge is 0.486 e. The van der Waals surface area contributed by atoms with Crippen molar-refractivity contribution in [2.45, 2.75) is 11.8 Å². The fourth-order valence-electron chi connectivity index (χ4n) is 2.41. The van der Waals surface area contributed by atoms with Crippen molar-refractivity contribution in [3.8, 4) is 11.5 Å². The molecule has 12 heteroatoms. The molecule has 28 heavy (non-hydrogen) atoms. The Morgan fingerprint density at radius 3 is 2.54 bits per heavy atom. The number of nitro groups is 1. The molecule has 0 bridgehead atoms. The first-order valence-electron chi connectivity index (χ1n) is 7.85. The zero-order valence-electron chi connectivity index (χ0n) is 14.4. The van der Waals surface area contributed by atoms with Gasteiger partial charge < -0.3 is 9.47 Å². The van der Waals surface area contributed by atoms with E-state index >= 15 is 0 Å². The molecule has 10 nitrogen and oxygen atoms in total. The number of halogens is 1. The summed E-state index contributed by atoms with van der Waals surface area (Å²) in [5.41, 5.74) is 1.84. The normalized spacial score (nSPS) is 13.1. The number of fused-ring (bicyclic) bond motifs is 1. The minimum absolute atomic E-state index is 0.0901. The number of rotatable bonds is 5. The maximum atomic E-state index is 12.4. The third kappa shape index (κ3) is 4.01. The van der Waals surface area contributed by atoms with Crippen molar-refractivity contribution in [3.63, 3.8) is 0 Å². The van der Waals surface area contributed by atoms with Crippen LogP contribution in [0.5, 0.6) is 11.5 Å². The maximum absolute atomic E-state index is 12.4. The number of sulfonamides is 1. The Bertz CT molecular complexity index is 1070. The van der Waals surface area contributed by atoms with E-state index in [4.69, 9.17) is 21.1 Å². The van der Waals surface area contributed by atoms with Gasteiger partial charge in [-0.2, -0.15) is 0 Å². The number of amides is 1. The minimum Gasteiger partial charge on any atom is -0.486 e. The van der Waals surface area contributed by atoms with E-state index in [1.807, 2.05) is 10.3 Å². The molecule has 1 aliphatic rings. The molecule has 3 rings (SSSR count). The van der Waals surface area contributed by atoms with Crippen molar-refractivity contribution in [1.29, 1.82) is 0 Å². The Morgan fingerprint density at radius 1 is 1.18 bits per heavy atom. The summed E-state index contributed by atoms with van der Waals surface area (Å²) in [6.45, 7) is 2.12. The van der Waals surface area contributed by atoms with Crippen molar-refractivity contribution in [3.05, 3.63) is 56.6 Å². The molecule has 0 radical (unpaired) electrons. The second-order valence-corrected chi connectivity index (χ2v) is 7.81. The van der Waals surface area contributed by atoms with Gasteiger partial charge in [-0.1, -0.05) is 11.6 Å². The van der Waals surface area contributed by atoms with E-state index in [1.165, 1.54) is 25.1 Å². The van der Waals surface area contributed by atoms with Crippen LogP contribution in [0.25, 0.3) is 0 Å². The monoisotopic (exact) mass is 427 g/mol. The van der Waals surface area contributed by atoms with Gasteiger partial charge in [0.15, 0.2) is 11.5 Å². The smallest absolute Gasteiger partial charge is 0.275 e. The average molecular weight is 428 g/mol. The van der Waals surface area contributed by atoms with Gasteiger partial charge in [-0.3, -0.25) is 20.3 Å². The number of carbonyl (C=O) groups excluding carboxylic acids is 1. The van der Waals surface area contributed by atoms with Crippen LogP contribution in [0.15, 0.2) is 35.2 Å². The number of nitro benzene ring substituents is 1. The van der Waals surface area contributed by atoms with Crippen molar-refractivity contribution < 1.29 is 27.6 Å². The lowest BCUT2D eigenvalue weighted by Gasteiger charge is -2.18. The topological polar surface area (TPSA) is 137 Å². The molecule has 2 aromatic rings. The standard InChI is InChI=1S/C16H14ClN3O7S/c1-9-12(17)7-11(8-13(9)20(22)23)28(24,25)19-18-16(21)10-2-3-14-15(6-10)27-5-4-26-14/h2-3,6-8,19H,4-5H2,1H3,(H,18,21). The highest BCUT2D eigenvalue weighted by Crippen LogP contribution is 2.31. The number of hydrogen-bond acceptors (Lipinski definition) is 7. The SMILES string of the molecule is Cc1c(Cl)cc(S(=O)(=O)NNC(=O)c2ccc3c(c2)OCCO3)cc1[N+](=O)[O-]. The number of nitrogens with one attached hydrogen (secondary N) is 2. The van der Waals surface area contributed by atoms with Crippen LogP contribution in [0.4, 0.5) is 5.69 Å². The number of ether oxygens (including phenoxy) is 2. The summed E-state index contributed by atoms with van der Waals surface area (Å²) in [4.78, 5) is 24.0. The van der Waals surface area contributed by atoms with Crippen LogP contribution in [-0.4, -0.2) is 32.5 Å². The van der Waals surface area contributed by atoms with Crippen LogP contribution in [0.3, 0.4) is 0 Å². The average Bonchev–Trinajstić information content (AvgIpc) is 2.67.